The van der Waals surface area contributed by atoms with Crippen molar-refractivity contribution in [3.63, 3.8) is 0 Å². The Hall–Kier alpha value is -3.88. The van der Waals surface area contributed by atoms with E-state index in [0.29, 0.717) is 29.4 Å². The molecule has 1 amide bonds. The summed E-state index contributed by atoms with van der Waals surface area (Å²) >= 11 is 0. The molecule has 1 aliphatic rings. The highest BCUT2D eigenvalue weighted by molar-refractivity contribution is 5.96. The quantitative estimate of drug-likeness (QED) is 0.542. The van der Waals surface area contributed by atoms with E-state index in [-0.39, 0.29) is 11.9 Å². The maximum Gasteiger partial charge on any atom is 0.251 e. The number of ether oxygens (including phenoxy) is 4. The molecular weight excluding hydrogens is 424 g/mol. The van der Waals surface area contributed by atoms with Crippen LogP contribution in [-0.2, 0) is 0 Å². The number of amides is 1. The fourth-order valence-electron chi connectivity index (χ4n) is 3.96. The van der Waals surface area contributed by atoms with E-state index in [9.17, 15) is 4.79 Å². The van der Waals surface area contributed by atoms with E-state index in [1.807, 2.05) is 30.3 Å². The second-order valence-electron chi connectivity index (χ2n) is 7.69. The molecule has 2 heterocycles. The van der Waals surface area contributed by atoms with Gasteiger partial charge in [-0.3, -0.25) is 9.89 Å². The SMILES string of the molecule is COc1ccc(-c2cc(N3CC[C@@H](NC(=O)c4cc(OC)c(OC)c(OC)c4)C3)n[nH]2)cc1. The Morgan fingerprint density at radius 1 is 1.00 bits per heavy atom. The molecule has 33 heavy (non-hydrogen) atoms. The Bertz CT molecular complexity index is 1090. The molecule has 1 atom stereocenters. The molecule has 174 valence electrons. The van der Waals surface area contributed by atoms with Crippen molar-refractivity contribution in [3.8, 4) is 34.3 Å². The third-order valence-corrected chi connectivity index (χ3v) is 5.74. The normalized spacial score (nSPS) is 15.3. The number of aromatic amines is 1. The van der Waals surface area contributed by atoms with Gasteiger partial charge in [0.05, 0.1) is 34.1 Å². The molecule has 2 aromatic carbocycles. The zero-order valence-electron chi connectivity index (χ0n) is 19.2. The largest absolute Gasteiger partial charge is 0.497 e. The number of nitrogens with one attached hydrogen (secondary N) is 2. The predicted molar refractivity (Wildman–Crippen MR) is 125 cm³/mol. The number of hydrogen-bond acceptors (Lipinski definition) is 7. The summed E-state index contributed by atoms with van der Waals surface area (Å²) in [5, 5.41) is 10.7. The fourth-order valence-corrected chi connectivity index (χ4v) is 3.96. The van der Waals surface area contributed by atoms with Gasteiger partial charge >= 0.3 is 0 Å². The first-order valence-corrected chi connectivity index (χ1v) is 10.6. The van der Waals surface area contributed by atoms with Crippen molar-refractivity contribution in [2.45, 2.75) is 12.5 Å². The summed E-state index contributed by atoms with van der Waals surface area (Å²) in [5.41, 5.74) is 2.41. The van der Waals surface area contributed by atoms with Crippen LogP contribution in [0.3, 0.4) is 0 Å². The lowest BCUT2D eigenvalue weighted by atomic mass is 10.1. The average Bonchev–Trinajstić information content (AvgIpc) is 3.53. The summed E-state index contributed by atoms with van der Waals surface area (Å²) < 4.78 is 21.3. The lowest BCUT2D eigenvalue weighted by Gasteiger charge is -2.17. The van der Waals surface area contributed by atoms with Gasteiger partial charge in [-0.2, -0.15) is 5.10 Å². The van der Waals surface area contributed by atoms with Crippen LogP contribution in [0.5, 0.6) is 23.0 Å². The van der Waals surface area contributed by atoms with Gasteiger partial charge in [0.1, 0.15) is 5.75 Å². The van der Waals surface area contributed by atoms with Crippen LogP contribution in [0.1, 0.15) is 16.8 Å². The van der Waals surface area contributed by atoms with Crippen LogP contribution in [0.2, 0.25) is 0 Å². The van der Waals surface area contributed by atoms with Gasteiger partial charge in [0.2, 0.25) is 5.75 Å². The Labute approximate surface area is 192 Å². The van der Waals surface area contributed by atoms with Crippen molar-refractivity contribution in [3.05, 3.63) is 48.0 Å². The zero-order chi connectivity index (χ0) is 23.4. The second-order valence-corrected chi connectivity index (χ2v) is 7.69. The van der Waals surface area contributed by atoms with Gasteiger partial charge in [0.15, 0.2) is 17.3 Å². The van der Waals surface area contributed by atoms with Crippen LogP contribution in [-0.4, -0.2) is 63.7 Å². The van der Waals surface area contributed by atoms with Crippen LogP contribution in [0, 0.1) is 0 Å². The van der Waals surface area contributed by atoms with E-state index >= 15 is 0 Å². The summed E-state index contributed by atoms with van der Waals surface area (Å²) in [4.78, 5) is 15.1. The van der Waals surface area contributed by atoms with Gasteiger partial charge < -0.3 is 29.2 Å². The van der Waals surface area contributed by atoms with Crippen molar-refractivity contribution in [1.82, 2.24) is 15.5 Å². The van der Waals surface area contributed by atoms with Crippen molar-refractivity contribution in [1.29, 1.82) is 0 Å². The highest BCUT2D eigenvalue weighted by Gasteiger charge is 2.27. The predicted octanol–water partition coefficient (Wildman–Crippen LogP) is 3.12. The van der Waals surface area contributed by atoms with Crippen molar-refractivity contribution < 1.29 is 23.7 Å². The molecule has 9 nitrogen and oxygen atoms in total. The number of rotatable bonds is 8. The van der Waals surface area contributed by atoms with Gasteiger partial charge in [0, 0.05) is 30.8 Å². The van der Waals surface area contributed by atoms with Gasteiger partial charge in [-0.15, -0.1) is 0 Å². The summed E-state index contributed by atoms with van der Waals surface area (Å²) in [6, 6.07) is 13.1. The zero-order valence-corrected chi connectivity index (χ0v) is 19.2. The molecule has 0 unspecified atom stereocenters. The number of nitrogens with zero attached hydrogens (tertiary/aromatic N) is 2. The molecule has 0 radical (unpaired) electrons. The maximum atomic E-state index is 12.9. The number of carbonyl (C=O) groups is 1. The molecule has 0 saturated carbocycles. The highest BCUT2D eigenvalue weighted by Crippen LogP contribution is 2.38. The van der Waals surface area contributed by atoms with Crippen LogP contribution in [0.15, 0.2) is 42.5 Å². The van der Waals surface area contributed by atoms with Gasteiger partial charge in [0.25, 0.3) is 5.91 Å². The molecule has 1 saturated heterocycles. The van der Waals surface area contributed by atoms with Crippen molar-refractivity contribution in [2.75, 3.05) is 46.4 Å². The van der Waals surface area contributed by atoms with E-state index < -0.39 is 0 Å². The van der Waals surface area contributed by atoms with Gasteiger partial charge in [-0.25, -0.2) is 0 Å². The number of aromatic nitrogens is 2. The standard InChI is InChI=1S/C24H28N4O5/c1-30-18-7-5-15(6-8-18)19-13-22(27-26-19)28-10-9-17(14-28)25-24(29)16-11-20(31-2)23(33-4)21(12-16)32-3/h5-8,11-13,17H,9-10,14H2,1-4H3,(H,25,29)(H,26,27)/t17-/m1/s1. The summed E-state index contributed by atoms with van der Waals surface area (Å²) in [5.74, 6) is 2.81. The van der Waals surface area contributed by atoms with Crippen LogP contribution < -0.4 is 29.2 Å². The van der Waals surface area contributed by atoms with Crippen LogP contribution >= 0.6 is 0 Å². The minimum Gasteiger partial charge on any atom is -0.497 e. The molecule has 1 aliphatic heterocycles. The number of carbonyl (C=O) groups excluding carboxylic acids is 1. The number of methoxy groups -OCH3 is 4. The van der Waals surface area contributed by atoms with E-state index in [1.165, 1.54) is 21.3 Å². The summed E-state index contributed by atoms with van der Waals surface area (Å²) in [6.07, 6.45) is 0.820. The van der Waals surface area contributed by atoms with Crippen molar-refractivity contribution >= 4 is 11.7 Å². The number of hydrogen-bond donors (Lipinski definition) is 2. The minimum atomic E-state index is -0.193. The smallest absolute Gasteiger partial charge is 0.251 e. The molecule has 0 spiro atoms. The molecule has 9 heteroatoms. The Morgan fingerprint density at radius 3 is 2.30 bits per heavy atom. The first-order chi connectivity index (χ1) is 16.1. The topological polar surface area (TPSA) is 97.9 Å². The van der Waals surface area contributed by atoms with Crippen LogP contribution in [0.25, 0.3) is 11.3 Å². The average molecular weight is 453 g/mol. The minimum absolute atomic E-state index is 0.00210. The maximum absolute atomic E-state index is 12.9. The van der Waals surface area contributed by atoms with Crippen molar-refractivity contribution in [2.24, 2.45) is 0 Å². The fraction of sp³-hybridized carbons (Fsp3) is 0.333. The Morgan fingerprint density at radius 2 is 1.70 bits per heavy atom. The second kappa shape index (κ2) is 9.72. The van der Waals surface area contributed by atoms with E-state index in [2.05, 4.69) is 20.4 Å². The van der Waals surface area contributed by atoms with Gasteiger partial charge in [-0.1, -0.05) is 0 Å². The molecular formula is C24H28N4O5. The number of H-pyrrole nitrogens is 1. The molecule has 0 aliphatic carbocycles. The third-order valence-electron chi connectivity index (χ3n) is 5.74. The summed E-state index contributed by atoms with van der Waals surface area (Å²) in [6.45, 7) is 1.47. The van der Waals surface area contributed by atoms with Gasteiger partial charge in [-0.05, 0) is 48.4 Å². The molecule has 0 bridgehead atoms. The number of anilines is 1. The molecule has 2 N–H and O–H groups in total. The van der Waals surface area contributed by atoms with E-state index in [1.54, 1.807) is 19.2 Å². The van der Waals surface area contributed by atoms with Crippen LogP contribution in [0.4, 0.5) is 5.82 Å². The monoisotopic (exact) mass is 452 g/mol. The Kier molecular flexibility index (Phi) is 6.58. The first kappa shape index (κ1) is 22.3. The van der Waals surface area contributed by atoms with E-state index in [0.717, 1.165) is 35.8 Å². The Balaban J connectivity index is 1.41. The molecule has 4 rings (SSSR count). The number of benzene rings is 2. The summed E-state index contributed by atoms with van der Waals surface area (Å²) in [7, 11) is 6.23. The highest BCUT2D eigenvalue weighted by atomic mass is 16.5. The lowest BCUT2D eigenvalue weighted by Crippen LogP contribution is -2.37. The third kappa shape index (κ3) is 4.67. The molecule has 1 fully saturated rings. The van der Waals surface area contributed by atoms with E-state index in [4.69, 9.17) is 18.9 Å². The molecule has 1 aromatic heterocycles. The molecule has 3 aromatic rings. The first-order valence-electron chi connectivity index (χ1n) is 10.6. The lowest BCUT2D eigenvalue weighted by molar-refractivity contribution is 0.0939.